The van der Waals surface area contributed by atoms with Gasteiger partial charge in [0.15, 0.2) is 0 Å². The monoisotopic (exact) mass is 266 g/mol. The Morgan fingerprint density at radius 2 is 2.06 bits per heavy atom. The van der Waals surface area contributed by atoms with Crippen LogP contribution in [-0.2, 0) is 19.5 Å². The number of rotatable bonds is 7. The molecule has 0 aliphatic carbocycles. The van der Waals surface area contributed by atoms with Crippen LogP contribution in [0.4, 0.5) is 0 Å². The van der Waals surface area contributed by atoms with Crippen molar-refractivity contribution in [2.75, 3.05) is 39.2 Å². The van der Waals surface area contributed by atoms with Gasteiger partial charge in [0.05, 0.1) is 5.75 Å². The van der Waals surface area contributed by atoms with E-state index in [-0.39, 0.29) is 5.75 Å². The summed E-state index contributed by atoms with van der Waals surface area (Å²) < 4.78 is 36.5. The molecule has 1 saturated heterocycles. The summed E-state index contributed by atoms with van der Waals surface area (Å²) >= 11 is 0. The molecule has 1 heterocycles. The van der Waals surface area contributed by atoms with E-state index in [4.69, 9.17) is 15.2 Å². The Hall–Kier alpha value is -0.210. The summed E-state index contributed by atoms with van der Waals surface area (Å²) in [6.45, 7) is 1.86. The van der Waals surface area contributed by atoms with Crippen molar-refractivity contribution >= 4 is 10.0 Å². The van der Waals surface area contributed by atoms with Crippen LogP contribution in [0.15, 0.2) is 0 Å². The maximum atomic E-state index is 11.9. The number of methoxy groups -OCH3 is 1. The second-order valence-corrected chi connectivity index (χ2v) is 6.21. The first-order valence-corrected chi connectivity index (χ1v) is 7.47. The van der Waals surface area contributed by atoms with Crippen LogP contribution in [0, 0.1) is 0 Å². The zero-order valence-electron chi connectivity index (χ0n) is 10.3. The van der Waals surface area contributed by atoms with Crippen molar-refractivity contribution in [3.05, 3.63) is 0 Å². The fourth-order valence-electron chi connectivity index (χ4n) is 1.88. The van der Waals surface area contributed by atoms with E-state index in [1.165, 1.54) is 0 Å². The van der Waals surface area contributed by atoms with Crippen LogP contribution < -0.4 is 10.5 Å². The van der Waals surface area contributed by atoms with Crippen molar-refractivity contribution in [1.29, 1.82) is 0 Å². The van der Waals surface area contributed by atoms with E-state index in [1.807, 2.05) is 0 Å². The Bertz CT molecular complexity index is 312. The topological polar surface area (TPSA) is 90.7 Å². The largest absolute Gasteiger partial charge is 0.385 e. The standard InChI is InChI=1S/C10H22N2O4S/c1-15-5-2-8-17(13,14)12-10(9-11)3-6-16-7-4-10/h12H,2-9,11H2,1H3. The molecule has 0 radical (unpaired) electrons. The van der Waals surface area contributed by atoms with Crippen LogP contribution >= 0.6 is 0 Å². The lowest BCUT2D eigenvalue weighted by Gasteiger charge is -2.36. The van der Waals surface area contributed by atoms with Gasteiger partial charge in [0.1, 0.15) is 0 Å². The summed E-state index contributed by atoms with van der Waals surface area (Å²) in [5.74, 6) is 0.0729. The van der Waals surface area contributed by atoms with E-state index < -0.39 is 15.6 Å². The fourth-order valence-corrected chi connectivity index (χ4v) is 3.43. The van der Waals surface area contributed by atoms with Crippen molar-refractivity contribution in [1.82, 2.24) is 4.72 Å². The summed E-state index contributed by atoms with van der Waals surface area (Å²) in [5, 5.41) is 0. The minimum Gasteiger partial charge on any atom is -0.385 e. The van der Waals surface area contributed by atoms with Crippen molar-refractivity contribution in [3.8, 4) is 0 Å². The van der Waals surface area contributed by atoms with Gasteiger partial charge in [-0.2, -0.15) is 0 Å². The van der Waals surface area contributed by atoms with E-state index in [9.17, 15) is 8.42 Å². The highest BCUT2D eigenvalue weighted by Crippen LogP contribution is 2.20. The van der Waals surface area contributed by atoms with E-state index in [2.05, 4.69) is 4.72 Å². The molecule has 17 heavy (non-hydrogen) atoms. The van der Waals surface area contributed by atoms with Crippen molar-refractivity contribution in [3.63, 3.8) is 0 Å². The number of hydrogen-bond acceptors (Lipinski definition) is 5. The van der Waals surface area contributed by atoms with Crippen LogP contribution in [0.3, 0.4) is 0 Å². The first kappa shape index (κ1) is 14.8. The molecule has 0 unspecified atom stereocenters. The normalized spacial score (nSPS) is 20.4. The van der Waals surface area contributed by atoms with Gasteiger partial charge in [0, 0.05) is 39.0 Å². The van der Waals surface area contributed by atoms with Gasteiger partial charge < -0.3 is 15.2 Å². The lowest BCUT2D eigenvalue weighted by Crippen LogP contribution is -2.57. The molecule has 7 heteroatoms. The number of sulfonamides is 1. The first-order valence-electron chi connectivity index (χ1n) is 5.82. The van der Waals surface area contributed by atoms with Crippen LogP contribution in [0.1, 0.15) is 19.3 Å². The lowest BCUT2D eigenvalue weighted by molar-refractivity contribution is 0.0501. The maximum Gasteiger partial charge on any atom is 0.212 e. The van der Waals surface area contributed by atoms with Crippen LogP contribution in [-0.4, -0.2) is 53.2 Å². The molecule has 0 amide bonds. The molecule has 0 aromatic heterocycles. The molecule has 0 saturated carbocycles. The molecular formula is C10H22N2O4S. The van der Waals surface area contributed by atoms with E-state index in [1.54, 1.807) is 7.11 Å². The lowest BCUT2D eigenvalue weighted by atomic mass is 9.92. The number of nitrogens with two attached hydrogens (primary N) is 1. The predicted octanol–water partition coefficient (Wildman–Crippen LogP) is -0.550. The molecule has 0 bridgehead atoms. The predicted molar refractivity (Wildman–Crippen MR) is 65.3 cm³/mol. The molecule has 3 N–H and O–H groups in total. The summed E-state index contributed by atoms with van der Waals surface area (Å²) in [6, 6.07) is 0. The minimum absolute atomic E-state index is 0.0729. The molecule has 0 aromatic rings. The van der Waals surface area contributed by atoms with Gasteiger partial charge in [-0.3, -0.25) is 0 Å². The average molecular weight is 266 g/mol. The fraction of sp³-hybridized carbons (Fsp3) is 1.00. The second-order valence-electron chi connectivity index (χ2n) is 4.36. The number of hydrogen-bond donors (Lipinski definition) is 2. The molecule has 0 aromatic carbocycles. The van der Waals surface area contributed by atoms with Gasteiger partial charge in [0.25, 0.3) is 0 Å². The summed E-state index contributed by atoms with van der Waals surface area (Å²) in [6.07, 6.45) is 1.75. The van der Waals surface area contributed by atoms with E-state index >= 15 is 0 Å². The third-order valence-electron chi connectivity index (χ3n) is 2.97. The third-order valence-corrected chi connectivity index (χ3v) is 4.54. The minimum atomic E-state index is -3.29. The van der Waals surface area contributed by atoms with Gasteiger partial charge in [-0.15, -0.1) is 0 Å². The van der Waals surface area contributed by atoms with Crippen molar-refractivity contribution < 1.29 is 17.9 Å². The SMILES string of the molecule is COCCCS(=O)(=O)NC1(CN)CCOCC1. The van der Waals surface area contributed by atoms with Gasteiger partial charge in [-0.1, -0.05) is 0 Å². The van der Waals surface area contributed by atoms with Gasteiger partial charge >= 0.3 is 0 Å². The first-order chi connectivity index (χ1) is 8.04. The Morgan fingerprint density at radius 1 is 1.41 bits per heavy atom. The zero-order valence-corrected chi connectivity index (χ0v) is 11.1. The number of nitrogens with one attached hydrogen (secondary N) is 1. The quantitative estimate of drug-likeness (QED) is 0.603. The molecule has 0 spiro atoms. The van der Waals surface area contributed by atoms with E-state index in [0.717, 1.165) is 0 Å². The summed E-state index contributed by atoms with van der Waals surface area (Å²) in [7, 11) is -1.73. The average Bonchev–Trinajstić information content (AvgIpc) is 2.30. The molecule has 1 aliphatic rings. The summed E-state index contributed by atoms with van der Waals surface area (Å²) in [5.41, 5.74) is 5.17. The molecular weight excluding hydrogens is 244 g/mol. The highest BCUT2D eigenvalue weighted by Gasteiger charge is 2.34. The third kappa shape index (κ3) is 4.89. The van der Waals surface area contributed by atoms with Crippen LogP contribution in [0.2, 0.25) is 0 Å². The maximum absolute atomic E-state index is 11.9. The zero-order chi connectivity index (χ0) is 12.8. The smallest absolute Gasteiger partial charge is 0.212 e. The molecule has 1 aliphatic heterocycles. The second kappa shape index (κ2) is 6.65. The molecule has 0 atom stereocenters. The van der Waals surface area contributed by atoms with Crippen molar-refractivity contribution in [2.24, 2.45) is 5.73 Å². The Labute approximate surface area is 103 Å². The van der Waals surface area contributed by atoms with Crippen LogP contribution in [0.25, 0.3) is 0 Å². The molecule has 102 valence electrons. The molecule has 1 fully saturated rings. The van der Waals surface area contributed by atoms with Gasteiger partial charge in [-0.25, -0.2) is 13.1 Å². The van der Waals surface area contributed by atoms with E-state index in [0.29, 0.717) is 45.6 Å². The Balaban J connectivity index is 2.54. The molecule has 1 rings (SSSR count). The van der Waals surface area contributed by atoms with Crippen LogP contribution in [0.5, 0.6) is 0 Å². The van der Waals surface area contributed by atoms with Gasteiger partial charge in [-0.05, 0) is 19.3 Å². The highest BCUT2D eigenvalue weighted by atomic mass is 32.2. The Morgan fingerprint density at radius 3 is 2.59 bits per heavy atom. The highest BCUT2D eigenvalue weighted by molar-refractivity contribution is 7.89. The summed E-state index contributed by atoms with van der Waals surface area (Å²) in [4.78, 5) is 0. The van der Waals surface area contributed by atoms with Gasteiger partial charge in [0.2, 0.25) is 10.0 Å². The Kier molecular flexibility index (Phi) is 5.81. The molecule has 6 nitrogen and oxygen atoms in total. The van der Waals surface area contributed by atoms with Crippen molar-refractivity contribution in [2.45, 2.75) is 24.8 Å². The number of ether oxygens (including phenoxy) is 2.